The van der Waals surface area contributed by atoms with E-state index in [1.165, 1.54) is 0 Å². The molecule has 0 radical (unpaired) electrons. The van der Waals surface area contributed by atoms with Crippen molar-refractivity contribution in [3.05, 3.63) is 35.1 Å². The van der Waals surface area contributed by atoms with Crippen LogP contribution in [0.3, 0.4) is 0 Å². The van der Waals surface area contributed by atoms with Crippen molar-refractivity contribution in [1.29, 1.82) is 0 Å². The number of rotatable bonds is 2. The Morgan fingerprint density at radius 2 is 1.88 bits per heavy atom. The smallest absolute Gasteiger partial charge is 0.294 e. The topological polar surface area (TPSA) is 17.1 Å². The van der Waals surface area contributed by atoms with Crippen molar-refractivity contribution in [3.8, 4) is 0 Å². The lowest BCUT2D eigenvalue weighted by Gasteiger charge is -2.08. The molecule has 1 aromatic rings. The molecule has 0 unspecified atom stereocenters. The summed E-state index contributed by atoms with van der Waals surface area (Å²) in [6.45, 7) is 0. The first-order chi connectivity index (χ1) is 7.39. The lowest BCUT2D eigenvalue weighted by atomic mass is 10.0. The van der Waals surface area contributed by atoms with Gasteiger partial charge in [0.1, 0.15) is 5.82 Å². The zero-order valence-electron chi connectivity index (χ0n) is 8.14. The third kappa shape index (κ3) is 2.08. The van der Waals surface area contributed by atoms with Crippen molar-refractivity contribution in [1.82, 2.24) is 0 Å². The summed E-state index contributed by atoms with van der Waals surface area (Å²) in [5.74, 6) is -1.70. The molecule has 1 fully saturated rings. The molecule has 0 saturated heterocycles. The first-order valence-corrected chi connectivity index (χ1v) is 4.80. The minimum absolute atomic E-state index is 0.294. The van der Waals surface area contributed by atoms with Crippen LogP contribution in [0.2, 0.25) is 0 Å². The second kappa shape index (κ2) is 3.57. The summed E-state index contributed by atoms with van der Waals surface area (Å²) >= 11 is 0. The highest BCUT2D eigenvalue weighted by molar-refractivity contribution is 5.99. The predicted molar refractivity (Wildman–Crippen MR) is 48.5 cm³/mol. The van der Waals surface area contributed by atoms with E-state index in [1.54, 1.807) is 0 Å². The quantitative estimate of drug-likeness (QED) is 0.564. The molecule has 0 atom stereocenters. The number of carbonyl (C=O) groups is 1. The van der Waals surface area contributed by atoms with E-state index in [9.17, 15) is 22.4 Å². The zero-order valence-corrected chi connectivity index (χ0v) is 8.14. The maximum Gasteiger partial charge on any atom is 0.416 e. The average Bonchev–Trinajstić information content (AvgIpc) is 2.98. The summed E-state index contributed by atoms with van der Waals surface area (Å²) in [6.07, 6.45) is -3.28. The van der Waals surface area contributed by atoms with Crippen molar-refractivity contribution in [2.45, 2.75) is 19.0 Å². The van der Waals surface area contributed by atoms with Gasteiger partial charge in [0.25, 0.3) is 0 Å². The highest BCUT2D eigenvalue weighted by Gasteiger charge is 2.35. The van der Waals surface area contributed by atoms with Crippen LogP contribution in [0.15, 0.2) is 18.2 Å². The normalized spacial score (nSPS) is 16.2. The van der Waals surface area contributed by atoms with Gasteiger partial charge in [-0.3, -0.25) is 4.79 Å². The number of hydrogen-bond donors (Lipinski definition) is 0. The molecule has 1 saturated carbocycles. The van der Waals surface area contributed by atoms with Crippen molar-refractivity contribution < 1.29 is 22.4 Å². The summed E-state index contributed by atoms with van der Waals surface area (Å²) in [7, 11) is 0. The van der Waals surface area contributed by atoms with Crippen molar-refractivity contribution >= 4 is 5.78 Å². The molecule has 0 bridgehead atoms. The Kier molecular flexibility index (Phi) is 2.48. The molecular formula is C11H8F4O. The Morgan fingerprint density at radius 3 is 2.38 bits per heavy atom. The molecule has 2 rings (SSSR count). The Morgan fingerprint density at radius 1 is 1.25 bits per heavy atom. The van der Waals surface area contributed by atoms with Crippen LogP contribution in [-0.2, 0) is 6.18 Å². The molecule has 1 aliphatic rings. The van der Waals surface area contributed by atoms with Crippen LogP contribution in [0.25, 0.3) is 0 Å². The van der Waals surface area contributed by atoms with Crippen molar-refractivity contribution in [2.24, 2.45) is 5.92 Å². The van der Waals surface area contributed by atoms with Crippen LogP contribution >= 0.6 is 0 Å². The van der Waals surface area contributed by atoms with Crippen LogP contribution in [0.4, 0.5) is 17.6 Å². The van der Waals surface area contributed by atoms with Gasteiger partial charge in [0.2, 0.25) is 0 Å². The van der Waals surface area contributed by atoms with E-state index in [0.29, 0.717) is 31.0 Å². The van der Waals surface area contributed by atoms with Gasteiger partial charge in [-0.05, 0) is 31.0 Å². The van der Waals surface area contributed by atoms with Gasteiger partial charge in [-0.25, -0.2) is 4.39 Å². The first kappa shape index (κ1) is 11.1. The van der Waals surface area contributed by atoms with Crippen LogP contribution in [0.1, 0.15) is 28.8 Å². The number of ketones is 1. The Hall–Kier alpha value is -1.39. The number of alkyl halides is 3. The predicted octanol–water partition coefficient (Wildman–Crippen LogP) is 3.44. The van der Waals surface area contributed by atoms with E-state index in [1.807, 2.05) is 0 Å². The minimum Gasteiger partial charge on any atom is -0.294 e. The number of halogens is 4. The fraction of sp³-hybridized carbons (Fsp3) is 0.364. The van der Waals surface area contributed by atoms with Gasteiger partial charge in [-0.1, -0.05) is 0 Å². The van der Waals surface area contributed by atoms with E-state index >= 15 is 0 Å². The molecule has 0 amide bonds. The number of carbonyl (C=O) groups excluding carboxylic acids is 1. The highest BCUT2D eigenvalue weighted by atomic mass is 19.4. The Balaban J connectivity index is 2.40. The molecular weight excluding hydrogens is 224 g/mol. The number of hydrogen-bond acceptors (Lipinski definition) is 1. The Labute approximate surface area is 89.1 Å². The molecule has 5 heteroatoms. The molecule has 86 valence electrons. The molecule has 0 spiro atoms. The summed E-state index contributed by atoms with van der Waals surface area (Å²) in [5, 5.41) is 0. The van der Waals surface area contributed by atoms with Crippen molar-refractivity contribution in [3.63, 3.8) is 0 Å². The van der Waals surface area contributed by atoms with E-state index in [0.717, 1.165) is 0 Å². The molecule has 1 aliphatic carbocycles. The summed E-state index contributed by atoms with van der Waals surface area (Å²) in [6, 6.07) is 1.92. The molecule has 16 heavy (non-hydrogen) atoms. The van der Waals surface area contributed by atoms with Gasteiger partial charge in [0.05, 0.1) is 11.1 Å². The van der Waals surface area contributed by atoms with Gasteiger partial charge in [-0.2, -0.15) is 13.2 Å². The van der Waals surface area contributed by atoms with Crippen LogP contribution < -0.4 is 0 Å². The third-order valence-electron chi connectivity index (χ3n) is 2.51. The van der Waals surface area contributed by atoms with Crippen molar-refractivity contribution in [2.75, 3.05) is 0 Å². The monoisotopic (exact) mass is 232 g/mol. The molecule has 0 aliphatic heterocycles. The SMILES string of the molecule is O=C(c1cc(C(F)(F)F)ccc1F)C1CC1. The lowest BCUT2D eigenvalue weighted by molar-refractivity contribution is -0.137. The fourth-order valence-corrected chi connectivity index (χ4v) is 1.46. The van der Waals surface area contributed by atoms with E-state index in [-0.39, 0.29) is 5.92 Å². The maximum absolute atomic E-state index is 13.2. The molecule has 0 heterocycles. The van der Waals surface area contributed by atoms with Gasteiger partial charge >= 0.3 is 6.18 Å². The summed E-state index contributed by atoms with van der Waals surface area (Å²) in [4.78, 5) is 11.5. The fourth-order valence-electron chi connectivity index (χ4n) is 1.46. The Bertz CT molecular complexity index is 432. The third-order valence-corrected chi connectivity index (χ3v) is 2.51. The average molecular weight is 232 g/mol. The van der Waals surface area contributed by atoms with Gasteiger partial charge in [0, 0.05) is 5.92 Å². The summed E-state index contributed by atoms with van der Waals surface area (Å²) in [5.41, 5.74) is -1.43. The molecule has 0 N–H and O–H groups in total. The summed E-state index contributed by atoms with van der Waals surface area (Å²) < 4.78 is 50.2. The van der Waals surface area contributed by atoms with Crippen LogP contribution in [0.5, 0.6) is 0 Å². The van der Waals surface area contributed by atoms with E-state index < -0.39 is 28.9 Å². The number of Topliss-reactive ketones (excluding diaryl/α,β-unsaturated/α-hetero) is 1. The zero-order chi connectivity index (χ0) is 11.9. The maximum atomic E-state index is 13.2. The largest absolute Gasteiger partial charge is 0.416 e. The standard InChI is InChI=1S/C11H8F4O/c12-9-4-3-7(11(13,14)15)5-8(9)10(16)6-1-2-6/h3-6H,1-2H2. The van der Waals surface area contributed by atoms with E-state index in [2.05, 4.69) is 0 Å². The van der Waals surface area contributed by atoms with Gasteiger partial charge < -0.3 is 0 Å². The second-order valence-electron chi connectivity index (χ2n) is 3.83. The molecule has 0 aromatic heterocycles. The van der Waals surface area contributed by atoms with E-state index in [4.69, 9.17) is 0 Å². The minimum atomic E-state index is -4.55. The highest BCUT2D eigenvalue weighted by Crippen LogP contribution is 2.35. The number of benzene rings is 1. The van der Waals surface area contributed by atoms with Gasteiger partial charge in [-0.15, -0.1) is 0 Å². The first-order valence-electron chi connectivity index (χ1n) is 4.80. The molecule has 1 nitrogen and oxygen atoms in total. The lowest BCUT2D eigenvalue weighted by Crippen LogP contribution is -2.10. The van der Waals surface area contributed by atoms with Crippen LogP contribution in [0, 0.1) is 11.7 Å². The second-order valence-corrected chi connectivity index (χ2v) is 3.83. The van der Waals surface area contributed by atoms with Crippen LogP contribution in [-0.4, -0.2) is 5.78 Å². The van der Waals surface area contributed by atoms with Gasteiger partial charge in [0.15, 0.2) is 5.78 Å². The molecule has 1 aromatic carbocycles.